The topological polar surface area (TPSA) is 55.6 Å². The number of likely N-dealkylation sites (tertiary alicyclic amines) is 1. The Kier molecular flexibility index (Phi) is 5.58. The van der Waals surface area contributed by atoms with Crippen molar-refractivity contribution in [2.45, 2.75) is 33.2 Å². The van der Waals surface area contributed by atoms with Crippen LogP contribution in [-0.4, -0.2) is 30.6 Å². The molecule has 1 atom stereocenters. The van der Waals surface area contributed by atoms with Crippen LogP contribution in [0.1, 0.15) is 41.9 Å². The molecule has 0 spiro atoms. The zero-order valence-corrected chi connectivity index (χ0v) is 15.8. The van der Waals surface area contributed by atoms with Crippen molar-refractivity contribution < 1.29 is 9.53 Å². The maximum Gasteiger partial charge on any atom is 0.341 e. The molecule has 1 aliphatic rings. The van der Waals surface area contributed by atoms with Crippen molar-refractivity contribution in [1.29, 1.82) is 0 Å². The molecular formula is C18H24N2O2S2. The Balaban J connectivity index is 1.96. The lowest BCUT2D eigenvalue weighted by molar-refractivity contribution is 0.0529. The lowest BCUT2D eigenvalue weighted by atomic mass is 10.00. The van der Waals surface area contributed by atoms with E-state index in [1.54, 1.807) is 11.3 Å². The quantitative estimate of drug-likeness (QED) is 0.796. The number of thiophene rings is 2. The second kappa shape index (κ2) is 7.68. The number of hydrogen-bond acceptors (Lipinski definition) is 6. The summed E-state index contributed by atoms with van der Waals surface area (Å²) in [5.74, 6) is 0.415. The van der Waals surface area contributed by atoms with Crippen molar-refractivity contribution >= 4 is 33.6 Å². The van der Waals surface area contributed by atoms with Gasteiger partial charge in [0.2, 0.25) is 0 Å². The summed E-state index contributed by atoms with van der Waals surface area (Å²) >= 11 is 3.17. The fourth-order valence-corrected chi connectivity index (χ4v) is 5.31. The van der Waals surface area contributed by atoms with Gasteiger partial charge in [-0.1, -0.05) is 13.0 Å². The number of nitrogens with two attached hydrogens (primary N) is 1. The van der Waals surface area contributed by atoms with Crippen LogP contribution in [0.2, 0.25) is 0 Å². The van der Waals surface area contributed by atoms with Crippen LogP contribution in [-0.2, 0) is 11.3 Å². The molecule has 0 amide bonds. The summed E-state index contributed by atoms with van der Waals surface area (Å²) in [7, 11) is 0. The first-order valence-corrected chi connectivity index (χ1v) is 10.1. The number of carbonyl (C=O) groups is 1. The number of esters is 1. The summed E-state index contributed by atoms with van der Waals surface area (Å²) < 4.78 is 5.25. The third-order valence-electron chi connectivity index (χ3n) is 4.36. The Labute approximate surface area is 151 Å². The summed E-state index contributed by atoms with van der Waals surface area (Å²) in [6.45, 7) is 7.56. The molecule has 1 unspecified atom stereocenters. The smallest absolute Gasteiger partial charge is 0.341 e. The van der Waals surface area contributed by atoms with Gasteiger partial charge in [-0.3, -0.25) is 4.90 Å². The molecular weight excluding hydrogens is 340 g/mol. The maximum atomic E-state index is 12.4. The SMILES string of the molecule is CCOC(=O)c1c(N)sc(CN2CCCC(C)C2)c1-c1cccs1. The molecule has 0 aliphatic carbocycles. The minimum atomic E-state index is -0.312. The molecule has 3 rings (SSSR count). The van der Waals surface area contributed by atoms with Gasteiger partial charge in [-0.05, 0) is 43.7 Å². The lowest BCUT2D eigenvalue weighted by Gasteiger charge is -2.30. The maximum absolute atomic E-state index is 12.4. The first-order valence-electron chi connectivity index (χ1n) is 8.44. The van der Waals surface area contributed by atoms with Gasteiger partial charge in [0, 0.05) is 28.4 Å². The Morgan fingerprint density at radius 3 is 3.00 bits per heavy atom. The molecule has 2 aromatic heterocycles. The average Bonchev–Trinajstić information content (AvgIpc) is 3.15. The standard InChI is InChI=1S/C18H24N2O2S2/c1-3-22-18(21)16-15(13-7-5-9-23-13)14(24-17(16)19)11-20-8-4-6-12(2)10-20/h5,7,9,12H,3-4,6,8,10-11,19H2,1-2H3. The summed E-state index contributed by atoms with van der Waals surface area (Å²) in [5, 5.41) is 2.60. The van der Waals surface area contributed by atoms with Gasteiger partial charge < -0.3 is 10.5 Å². The van der Waals surface area contributed by atoms with Crippen LogP contribution in [0.3, 0.4) is 0 Å². The number of piperidine rings is 1. The van der Waals surface area contributed by atoms with Gasteiger partial charge in [-0.15, -0.1) is 22.7 Å². The van der Waals surface area contributed by atoms with Crippen LogP contribution >= 0.6 is 22.7 Å². The molecule has 6 heteroatoms. The molecule has 0 bridgehead atoms. The fraction of sp³-hybridized carbons (Fsp3) is 0.500. The monoisotopic (exact) mass is 364 g/mol. The van der Waals surface area contributed by atoms with Crippen molar-refractivity contribution in [3.63, 3.8) is 0 Å². The van der Waals surface area contributed by atoms with E-state index in [0.29, 0.717) is 17.2 Å². The van der Waals surface area contributed by atoms with Crippen molar-refractivity contribution in [3.05, 3.63) is 28.0 Å². The zero-order chi connectivity index (χ0) is 17.1. The van der Waals surface area contributed by atoms with Crippen molar-refractivity contribution in [3.8, 4) is 10.4 Å². The number of nitrogen functional groups attached to an aromatic ring is 1. The lowest BCUT2D eigenvalue weighted by Crippen LogP contribution is -2.33. The van der Waals surface area contributed by atoms with Crippen LogP contribution < -0.4 is 5.73 Å². The van der Waals surface area contributed by atoms with Crippen LogP contribution in [0.4, 0.5) is 5.00 Å². The van der Waals surface area contributed by atoms with Gasteiger partial charge in [-0.2, -0.15) is 0 Å². The van der Waals surface area contributed by atoms with Crippen molar-refractivity contribution in [2.75, 3.05) is 25.4 Å². The van der Waals surface area contributed by atoms with Crippen LogP contribution in [0, 0.1) is 5.92 Å². The molecule has 0 radical (unpaired) electrons. The highest BCUT2D eigenvalue weighted by atomic mass is 32.1. The van der Waals surface area contributed by atoms with Gasteiger partial charge in [0.1, 0.15) is 10.6 Å². The van der Waals surface area contributed by atoms with Crippen LogP contribution in [0.25, 0.3) is 10.4 Å². The first kappa shape index (κ1) is 17.5. The van der Waals surface area contributed by atoms with Crippen molar-refractivity contribution in [2.24, 2.45) is 5.92 Å². The second-order valence-corrected chi connectivity index (χ2v) is 8.40. The Bertz CT molecular complexity index is 694. The number of rotatable bonds is 5. The molecule has 0 saturated carbocycles. The Hall–Kier alpha value is -1.37. The van der Waals surface area contributed by atoms with E-state index in [-0.39, 0.29) is 5.97 Å². The minimum Gasteiger partial charge on any atom is -0.462 e. The van der Waals surface area contributed by atoms with Crippen molar-refractivity contribution in [1.82, 2.24) is 4.90 Å². The summed E-state index contributed by atoms with van der Waals surface area (Å²) in [6.07, 6.45) is 2.54. The largest absolute Gasteiger partial charge is 0.462 e. The summed E-state index contributed by atoms with van der Waals surface area (Å²) in [6, 6.07) is 4.06. The van der Waals surface area contributed by atoms with Gasteiger partial charge in [0.25, 0.3) is 0 Å². The van der Waals surface area contributed by atoms with E-state index in [0.717, 1.165) is 36.0 Å². The van der Waals surface area contributed by atoms with Gasteiger partial charge in [-0.25, -0.2) is 4.79 Å². The second-order valence-electron chi connectivity index (χ2n) is 6.32. The normalized spacial score (nSPS) is 18.7. The van der Waals surface area contributed by atoms with Crippen LogP contribution in [0.15, 0.2) is 17.5 Å². The number of carbonyl (C=O) groups excluding carboxylic acids is 1. The van der Waals surface area contributed by atoms with Gasteiger partial charge in [0.15, 0.2) is 0 Å². The third-order valence-corrected chi connectivity index (χ3v) is 6.25. The summed E-state index contributed by atoms with van der Waals surface area (Å²) in [4.78, 5) is 17.2. The van der Waals surface area contributed by atoms with Gasteiger partial charge in [0.05, 0.1) is 6.61 Å². The van der Waals surface area contributed by atoms with E-state index in [9.17, 15) is 4.79 Å². The highest BCUT2D eigenvalue weighted by Crippen LogP contribution is 2.42. The van der Waals surface area contributed by atoms with Gasteiger partial charge >= 0.3 is 5.97 Å². The number of ether oxygens (including phenoxy) is 1. The molecule has 0 aromatic carbocycles. The molecule has 1 aliphatic heterocycles. The molecule has 130 valence electrons. The summed E-state index contributed by atoms with van der Waals surface area (Å²) in [5.41, 5.74) is 7.74. The minimum absolute atomic E-state index is 0.312. The highest BCUT2D eigenvalue weighted by molar-refractivity contribution is 7.18. The van der Waals surface area contributed by atoms with E-state index in [1.807, 2.05) is 18.4 Å². The van der Waals surface area contributed by atoms with E-state index in [1.165, 1.54) is 29.1 Å². The molecule has 3 heterocycles. The van der Waals surface area contributed by atoms with E-state index < -0.39 is 0 Å². The number of nitrogens with zero attached hydrogens (tertiary/aromatic N) is 1. The molecule has 2 N–H and O–H groups in total. The van der Waals surface area contributed by atoms with Crippen LogP contribution in [0.5, 0.6) is 0 Å². The number of hydrogen-bond donors (Lipinski definition) is 1. The molecule has 4 nitrogen and oxygen atoms in total. The Morgan fingerprint density at radius 1 is 1.50 bits per heavy atom. The molecule has 1 saturated heterocycles. The average molecular weight is 365 g/mol. The molecule has 2 aromatic rings. The zero-order valence-electron chi connectivity index (χ0n) is 14.2. The first-order chi connectivity index (χ1) is 11.6. The predicted octanol–water partition coefficient (Wildman–Crippen LogP) is 4.47. The fourth-order valence-electron chi connectivity index (χ4n) is 3.33. The van der Waals surface area contributed by atoms with E-state index >= 15 is 0 Å². The number of anilines is 1. The molecule has 24 heavy (non-hydrogen) atoms. The van der Waals surface area contributed by atoms with E-state index in [4.69, 9.17) is 10.5 Å². The Morgan fingerprint density at radius 2 is 2.33 bits per heavy atom. The third kappa shape index (κ3) is 3.66. The molecule has 1 fully saturated rings. The van der Waals surface area contributed by atoms with E-state index in [2.05, 4.69) is 17.9 Å². The highest BCUT2D eigenvalue weighted by Gasteiger charge is 2.27. The predicted molar refractivity (Wildman–Crippen MR) is 102 cm³/mol.